The van der Waals surface area contributed by atoms with Crippen LogP contribution in [0, 0.1) is 5.92 Å². The molecule has 0 heterocycles. The van der Waals surface area contributed by atoms with Gasteiger partial charge in [-0.25, -0.2) is 0 Å². The van der Waals surface area contributed by atoms with E-state index in [0.717, 1.165) is 17.7 Å². The molecule has 3 nitrogen and oxygen atoms in total. The van der Waals surface area contributed by atoms with E-state index in [1.54, 1.807) is 14.2 Å². The van der Waals surface area contributed by atoms with Crippen molar-refractivity contribution in [2.75, 3.05) is 14.2 Å². The van der Waals surface area contributed by atoms with Gasteiger partial charge in [0.1, 0.15) is 5.76 Å². The molecule has 0 aromatic carbocycles. The summed E-state index contributed by atoms with van der Waals surface area (Å²) in [6.45, 7) is 9.49. The molecule has 16 heavy (non-hydrogen) atoms. The predicted octanol–water partition coefficient (Wildman–Crippen LogP) is 2.71. The lowest BCUT2D eigenvalue weighted by Gasteiger charge is -2.20. The second-order valence-electron chi connectivity index (χ2n) is 3.69. The summed E-state index contributed by atoms with van der Waals surface area (Å²) in [6, 6.07) is 0. The van der Waals surface area contributed by atoms with E-state index >= 15 is 0 Å². The van der Waals surface area contributed by atoms with E-state index < -0.39 is 0 Å². The van der Waals surface area contributed by atoms with Gasteiger partial charge in [0.05, 0.1) is 24.8 Å². The third kappa shape index (κ3) is 2.25. The van der Waals surface area contributed by atoms with Crippen LogP contribution in [0.2, 0.25) is 0 Å². The van der Waals surface area contributed by atoms with Crippen LogP contribution in [0.4, 0.5) is 0 Å². The van der Waals surface area contributed by atoms with Crippen molar-refractivity contribution in [2.24, 2.45) is 10.9 Å². The monoisotopic (exact) mass is 221 g/mol. The Morgan fingerprint density at radius 2 is 2.19 bits per heavy atom. The molecule has 0 N–H and O–H groups in total. The normalized spacial score (nSPS) is 25.2. The van der Waals surface area contributed by atoms with Gasteiger partial charge >= 0.3 is 0 Å². The topological polar surface area (TPSA) is 30.8 Å². The van der Waals surface area contributed by atoms with Crippen LogP contribution in [-0.4, -0.2) is 27.0 Å². The Morgan fingerprint density at radius 3 is 2.62 bits per heavy atom. The molecule has 0 saturated carbocycles. The Labute approximate surface area is 97.2 Å². The van der Waals surface area contributed by atoms with Gasteiger partial charge in [-0.1, -0.05) is 18.7 Å². The molecule has 2 atom stereocenters. The van der Waals surface area contributed by atoms with E-state index in [1.165, 1.54) is 0 Å². The molecule has 0 spiro atoms. The van der Waals surface area contributed by atoms with Crippen molar-refractivity contribution in [3.8, 4) is 0 Å². The zero-order valence-corrected chi connectivity index (χ0v) is 10.2. The molecule has 0 radical (unpaired) electrons. The Kier molecular flexibility index (Phi) is 4.50. The minimum atomic E-state index is -0.0151. The van der Waals surface area contributed by atoms with Crippen LogP contribution < -0.4 is 0 Å². The van der Waals surface area contributed by atoms with Crippen molar-refractivity contribution < 1.29 is 9.47 Å². The van der Waals surface area contributed by atoms with E-state index in [-0.39, 0.29) is 12.0 Å². The summed E-state index contributed by atoms with van der Waals surface area (Å²) >= 11 is 0. The Morgan fingerprint density at radius 1 is 1.50 bits per heavy atom. The minimum absolute atomic E-state index is 0.0151. The van der Waals surface area contributed by atoms with Gasteiger partial charge in [-0.3, -0.25) is 4.99 Å². The zero-order chi connectivity index (χ0) is 12.1. The number of ether oxygens (including phenoxy) is 2. The van der Waals surface area contributed by atoms with Gasteiger partial charge in [-0.2, -0.15) is 0 Å². The first-order valence-electron chi connectivity index (χ1n) is 5.27. The molecule has 1 aliphatic carbocycles. The number of aliphatic imine (C=N–C) groups is 1. The van der Waals surface area contributed by atoms with Crippen LogP contribution in [0.25, 0.3) is 0 Å². The van der Waals surface area contributed by atoms with Crippen LogP contribution in [0.5, 0.6) is 0 Å². The Hall–Kier alpha value is -1.35. The average Bonchev–Trinajstić information content (AvgIpc) is 2.66. The molecule has 0 unspecified atom stereocenters. The number of allylic oxidation sites excluding steroid dienone is 2. The molecular formula is C13H19NO2. The molecule has 0 saturated heterocycles. The first-order chi connectivity index (χ1) is 7.69. The van der Waals surface area contributed by atoms with Crippen LogP contribution in [0.1, 0.15) is 13.3 Å². The highest BCUT2D eigenvalue weighted by Gasteiger charge is 2.36. The van der Waals surface area contributed by atoms with Gasteiger partial charge in [-0.05, 0) is 19.2 Å². The van der Waals surface area contributed by atoms with Crippen molar-refractivity contribution in [1.29, 1.82) is 0 Å². The van der Waals surface area contributed by atoms with Crippen LogP contribution >= 0.6 is 0 Å². The molecule has 0 amide bonds. The third-order valence-corrected chi connectivity index (χ3v) is 2.87. The van der Waals surface area contributed by atoms with E-state index in [9.17, 15) is 0 Å². The highest BCUT2D eigenvalue weighted by atomic mass is 16.5. The maximum Gasteiger partial charge on any atom is 0.100 e. The second kappa shape index (κ2) is 5.66. The standard InChI is InChI=1S/C13H19NO2/c1-6-7-10-8-11(16-5)12(9(2)15-4)13(10)14-3/h6-7,11-12H,2-3,8H2,1,4-5H3/b7-6-/t11-,12-/m0/s1. The summed E-state index contributed by atoms with van der Waals surface area (Å²) in [5, 5.41) is 0. The Bertz CT molecular complexity index is 342. The SMILES string of the molecule is C=NC1=C(/C=C\C)C[C@H](OC)[C@@H]1C(=C)OC. The third-order valence-electron chi connectivity index (χ3n) is 2.87. The predicted molar refractivity (Wildman–Crippen MR) is 66.4 cm³/mol. The number of methoxy groups -OCH3 is 2. The maximum atomic E-state index is 5.45. The number of hydrogen-bond donors (Lipinski definition) is 0. The lowest BCUT2D eigenvalue weighted by molar-refractivity contribution is 0.0672. The highest BCUT2D eigenvalue weighted by molar-refractivity contribution is 5.42. The number of rotatable bonds is 5. The zero-order valence-electron chi connectivity index (χ0n) is 10.2. The van der Waals surface area contributed by atoms with Gasteiger partial charge in [0.25, 0.3) is 0 Å². The molecule has 0 aromatic rings. The molecular weight excluding hydrogens is 202 g/mol. The minimum Gasteiger partial charge on any atom is -0.501 e. The van der Waals surface area contributed by atoms with Crippen LogP contribution in [-0.2, 0) is 9.47 Å². The van der Waals surface area contributed by atoms with Gasteiger partial charge in [0.15, 0.2) is 0 Å². The fourth-order valence-electron chi connectivity index (χ4n) is 2.08. The Balaban J connectivity index is 3.08. The van der Waals surface area contributed by atoms with E-state index in [1.807, 2.05) is 19.1 Å². The van der Waals surface area contributed by atoms with Crippen molar-refractivity contribution in [3.63, 3.8) is 0 Å². The quantitative estimate of drug-likeness (QED) is 0.528. The molecule has 3 heteroatoms. The second-order valence-corrected chi connectivity index (χ2v) is 3.69. The molecule has 0 fully saturated rings. The lowest BCUT2D eigenvalue weighted by atomic mass is 10.0. The van der Waals surface area contributed by atoms with Crippen molar-refractivity contribution in [3.05, 3.63) is 35.8 Å². The van der Waals surface area contributed by atoms with Crippen LogP contribution in [0.15, 0.2) is 40.8 Å². The van der Waals surface area contributed by atoms with Gasteiger partial charge in [0, 0.05) is 13.5 Å². The van der Waals surface area contributed by atoms with E-state index in [2.05, 4.69) is 18.3 Å². The van der Waals surface area contributed by atoms with Crippen molar-refractivity contribution in [1.82, 2.24) is 0 Å². The van der Waals surface area contributed by atoms with Crippen molar-refractivity contribution >= 4 is 6.72 Å². The summed E-state index contributed by atoms with van der Waals surface area (Å²) in [7, 11) is 3.31. The van der Waals surface area contributed by atoms with Gasteiger partial charge < -0.3 is 9.47 Å². The van der Waals surface area contributed by atoms with Gasteiger partial charge in [-0.15, -0.1) is 0 Å². The summed E-state index contributed by atoms with van der Waals surface area (Å²) in [6.07, 6.45) is 4.89. The highest BCUT2D eigenvalue weighted by Crippen LogP contribution is 2.39. The summed E-state index contributed by atoms with van der Waals surface area (Å²) in [4.78, 5) is 4.09. The molecule has 88 valence electrons. The summed E-state index contributed by atoms with van der Waals surface area (Å²) in [5.74, 6) is 0.660. The summed E-state index contributed by atoms with van der Waals surface area (Å²) in [5.41, 5.74) is 2.06. The molecule has 1 rings (SSSR count). The average molecular weight is 221 g/mol. The first-order valence-corrected chi connectivity index (χ1v) is 5.27. The molecule has 1 aliphatic rings. The largest absolute Gasteiger partial charge is 0.501 e. The number of nitrogens with zero attached hydrogens (tertiary/aromatic N) is 1. The van der Waals surface area contributed by atoms with Gasteiger partial charge in [0.2, 0.25) is 0 Å². The van der Waals surface area contributed by atoms with E-state index in [4.69, 9.17) is 9.47 Å². The van der Waals surface area contributed by atoms with Crippen LogP contribution in [0.3, 0.4) is 0 Å². The summed E-state index contributed by atoms with van der Waals surface area (Å²) < 4.78 is 10.7. The fraction of sp³-hybridized carbons (Fsp3) is 0.462. The maximum absolute atomic E-state index is 5.45. The first kappa shape index (κ1) is 12.7. The van der Waals surface area contributed by atoms with Crippen molar-refractivity contribution in [2.45, 2.75) is 19.4 Å². The molecule has 0 bridgehead atoms. The fourth-order valence-corrected chi connectivity index (χ4v) is 2.08. The molecule has 0 aromatic heterocycles. The molecule has 0 aliphatic heterocycles. The lowest BCUT2D eigenvalue weighted by Crippen LogP contribution is -2.21. The number of hydrogen-bond acceptors (Lipinski definition) is 3. The smallest absolute Gasteiger partial charge is 0.100 e. The van der Waals surface area contributed by atoms with E-state index in [0.29, 0.717) is 5.76 Å².